The lowest BCUT2D eigenvalue weighted by Crippen LogP contribution is -2.27. The summed E-state index contributed by atoms with van der Waals surface area (Å²) >= 11 is 11.8. The second kappa shape index (κ2) is 9.07. The van der Waals surface area contributed by atoms with Gasteiger partial charge in [-0.2, -0.15) is 5.10 Å². The van der Waals surface area contributed by atoms with Crippen molar-refractivity contribution >= 4 is 51.5 Å². The van der Waals surface area contributed by atoms with Crippen LogP contribution in [-0.4, -0.2) is 28.3 Å². The van der Waals surface area contributed by atoms with Gasteiger partial charge in [-0.1, -0.05) is 48.3 Å². The van der Waals surface area contributed by atoms with Gasteiger partial charge in [-0.15, -0.1) is 0 Å². The lowest BCUT2D eigenvalue weighted by Gasteiger charge is -2.10. The van der Waals surface area contributed by atoms with Gasteiger partial charge in [-0.25, -0.2) is 9.48 Å². The molecule has 9 heteroatoms. The number of aromatic nitrogens is 2. The first-order valence-electron chi connectivity index (χ1n) is 8.82. The predicted octanol–water partition coefficient (Wildman–Crippen LogP) is 3.91. The fourth-order valence-electron chi connectivity index (χ4n) is 2.77. The summed E-state index contributed by atoms with van der Waals surface area (Å²) in [7, 11) is 0. The van der Waals surface area contributed by atoms with E-state index in [1.807, 2.05) is 6.92 Å². The number of carbonyl (C=O) groups excluding carboxylic acids is 2. The summed E-state index contributed by atoms with van der Waals surface area (Å²) in [5, 5.41) is 8.14. The van der Waals surface area contributed by atoms with E-state index in [1.165, 1.54) is 22.9 Å². The first-order chi connectivity index (χ1) is 13.9. The minimum Gasteiger partial charge on any atom is -0.451 e. The molecule has 0 aliphatic heterocycles. The number of amides is 1. The SMILES string of the molecule is CCCn1nc(C(=O)OCC(=O)Nc2cc(Cl)cc(Cl)c2)c2ccccc2c1=O. The van der Waals surface area contributed by atoms with Gasteiger partial charge in [-0.05, 0) is 30.7 Å². The molecule has 0 aliphatic rings. The minimum atomic E-state index is -0.801. The molecule has 0 aliphatic carbocycles. The fraction of sp³-hybridized carbons (Fsp3) is 0.200. The van der Waals surface area contributed by atoms with Crippen LogP contribution in [0.3, 0.4) is 0 Å². The molecule has 0 saturated heterocycles. The lowest BCUT2D eigenvalue weighted by atomic mass is 10.1. The number of ether oxygens (including phenoxy) is 1. The molecule has 1 amide bonds. The van der Waals surface area contributed by atoms with Crippen LogP contribution in [0.4, 0.5) is 5.69 Å². The largest absolute Gasteiger partial charge is 0.451 e. The summed E-state index contributed by atoms with van der Waals surface area (Å²) in [6.07, 6.45) is 0.671. The first-order valence-corrected chi connectivity index (χ1v) is 9.57. The standard InChI is InChI=1S/C20H17Cl2N3O4/c1-2-7-25-19(27)16-6-4-3-5-15(16)18(24-25)20(28)29-11-17(26)23-14-9-12(21)8-13(22)10-14/h3-6,8-10H,2,7,11H2,1H3,(H,23,26). The molecule has 0 radical (unpaired) electrons. The third-order valence-corrected chi connectivity index (χ3v) is 4.41. The highest BCUT2D eigenvalue weighted by Crippen LogP contribution is 2.22. The van der Waals surface area contributed by atoms with E-state index in [0.29, 0.717) is 39.5 Å². The monoisotopic (exact) mass is 433 g/mol. The Bertz CT molecular complexity index is 1120. The van der Waals surface area contributed by atoms with E-state index < -0.39 is 18.5 Å². The molecule has 0 saturated carbocycles. The maximum atomic E-state index is 12.6. The first kappa shape index (κ1) is 20.8. The molecule has 29 heavy (non-hydrogen) atoms. The molecule has 0 unspecified atom stereocenters. The number of halogens is 2. The molecule has 0 spiro atoms. The van der Waals surface area contributed by atoms with E-state index in [1.54, 1.807) is 24.3 Å². The number of nitrogens with zero attached hydrogens (tertiary/aromatic N) is 2. The second-order valence-electron chi connectivity index (χ2n) is 6.20. The highest BCUT2D eigenvalue weighted by Gasteiger charge is 2.19. The molecule has 0 fully saturated rings. The van der Waals surface area contributed by atoms with Gasteiger partial charge in [0.1, 0.15) is 0 Å². The number of anilines is 1. The quantitative estimate of drug-likeness (QED) is 0.595. The predicted molar refractivity (Wildman–Crippen MR) is 112 cm³/mol. The maximum absolute atomic E-state index is 12.6. The third kappa shape index (κ3) is 4.93. The van der Waals surface area contributed by atoms with Crippen LogP contribution < -0.4 is 10.9 Å². The summed E-state index contributed by atoms with van der Waals surface area (Å²) in [5.74, 6) is -1.37. The number of carbonyl (C=O) groups is 2. The molecule has 2 aromatic carbocycles. The van der Waals surface area contributed by atoms with E-state index in [4.69, 9.17) is 27.9 Å². The number of aryl methyl sites for hydroxylation is 1. The number of benzene rings is 2. The van der Waals surface area contributed by atoms with Crippen molar-refractivity contribution in [3.8, 4) is 0 Å². The van der Waals surface area contributed by atoms with Crippen LogP contribution in [0, 0.1) is 0 Å². The van der Waals surface area contributed by atoms with Crippen molar-refractivity contribution in [3.63, 3.8) is 0 Å². The average Bonchev–Trinajstić information content (AvgIpc) is 2.67. The Morgan fingerprint density at radius 3 is 2.41 bits per heavy atom. The zero-order valence-corrected chi connectivity index (χ0v) is 17.0. The maximum Gasteiger partial charge on any atom is 0.359 e. The molecule has 0 atom stereocenters. The number of fused-ring (bicyclic) bond motifs is 1. The number of nitrogens with one attached hydrogen (secondary N) is 1. The number of rotatable bonds is 6. The molecule has 1 heterocycles. The van der Waals surface area contributed by atoms with Gasteiger partial charge in [0.2, 0.25) is 0 Å². The van der Waals surface area contributed by atoms with Crippen LogP contribution in [0.1, 0.15) is 23.8 Å². The Morgan fingerprint density at radius 2 is 1.76 bits per heavy atom. The van der Waals surface area contributed by atoms with E-state index in [9.17, 15) is 14.4 Å². The Balaban J connectivity index is 1.78. The fourth-order valence-corrected chi connectivity index (χ4v) is 3.30. The summed E-state index contributed by atoms with van der Waals surface area (Å²) in [6, 6.07) is 11.2. The Labute approximate surface area is 176 Å². The normalized spacial score (nSPS) is 10.7. The molecular weight excluding hydrogens is 417 g/mol. The Kier molecular flexibility index (Phi) is 6.51. The van der Waals surface area contributed by atoms with Gasteiger partial charge in [0, 0.05) is 27.7 Å². The Hall–Kier alpha value is -2.90. The zero-order chi connectivity index (χ0) is 21.0. The summed E-state index contributed by atoms with van der Waals surface area (Å²) in [4.78, 5) is 37.2. The molecule has 150 valence electrons. The van der Waals surface area contributed by atoms with Crippen molar-refractivity contribution in [2.24, 2.45) is 0 Å². The highest BCUT2D eigenvalue weighted by molar-refractivity contribution is 6.35. The van der Waals surface area contributed by atoms with Gasteiger partial charge in [-0.3, -0.25) is 9.59 Å². The van der Waals surface area contributed by atoms with Gasteiger partial charge in [0.25, 0.3) is 11.5 Å². The van der Waals surface area contributed by atoms with E-state index in [2.05, 4.69) is 10.4 Å². The number of hydrogen-bond donors (Lipinski definition) is 1. The van der Waals surface area contributed by atoms with E-state index in [0.717, 1.165) is 0 Å². The molecular formula is C20H17Cl2N3O4. The van der Waals surface area contributed by atoms with Crippen LogP contribution in [0.15, 0.2) is 47.3 Å². The lowest BCUT2D eigenvalue weighted by molar-refractivity contribution is -0.119. The van der Waals surface area contributed by atoms with Gasteiger partial charge >= 0.3 is 5.97 Å². The van der Waals surface area contributed by atoms with Crippen LogP contribution in [-0.2, 0) is 16.1 Å². The van der Waals surface area contributed by atoms with Crippen LogP contribution in [0.5, 0.6) is 0 Å². The number of esters is 1. The zero-order valence-electron chi connectivity index (χ0n) is 15.4. The van der Waals surface area contributed by atoms with Crippen molar-refractivity contribution in [3.05, 3.63) is 68.6 Å². The van der Waals surface area contributed by atoms with Crippen LogP contribution in [0.2, 0.25) is 10.0 Å². The molecule has 0 bridgehead atoms. The third-order valence-electron chi connectivity index (χ3n) is 3.98. The number of hydrogen-bond acceptors (Lipinski definition) is 5. The van der Waals surface area contributed by atoms with Gasteiger partial charge in [0.15, 0.2) is 12.3 Å². The molecule has 1 N–H and O–H groups in total. The van der Waals surface area contributed by atoms with Crippen molar-refractivity contribution in [2.45, 2.75) is 19.9 Å². The van der Waals surface area contributed by atoms with Crippen molar-refractivity contribution in [1.82, 2.24) is 9.78 Å². The minimum absolute atomic E-state index is 0.0211. The summed E-state index contributed by atoms with van der Waals surface area (Å²) in [5.41, 5.74) is 0.0745. The summed E-state index contributed by atoms with van der Waals surface area (Å²) < 4.78 is 6.34. The van der Waals surface area contributed by atoms with E-state index in [-0.39, 0.29) is 11.3 Å². The topological polar surface area (TPSA) is 90.3 Å². The molecule has 3 rings (SSSR count). The van der Waals surface area contributed by atoms with Crippen LogP contribution >= 0.6 is 23.2 Å². The summed E-state index contributed by atoms with van der Waals surface area (Å²) in [6.45, 7) is 1.72. The van der Waals surface area contributed by atoms with E-state index >= 15 is 0 Å². The van der Waals surface area contributed by atoms with Gasteiger partial charge in [0.05, 0.1) is 5.39 Å². The Morgan fingerprint density at radius 1 is 1.10 bits per heavy atom. The van der Waals surface area contributed by atoms with Crippen molar-refractivity contribution < 1.29 is 14.3 Å². The highest BCUT2D eigenvalue weighted by atomic mass is 35.5. The van der Waals surface area contributed by atoms with Crippen molar-refractivity contribution in [2.75, 3.05) is 11.9 Å². The smallest absolute Gasteiger partial charge is 0.359 e. The average molecular weight is 434 g/mol. The second-order valence-corrected chi connectivity index (χ2v) is 7.08. The molecule has 1 aromatic heterocycles. The van der Waals surface area contributed by atoms with Gasteiger partial charge < -0.3 is 10.1 Å². The van der Waals surface area contributed by atoms with Crippen LogP contribution in [0.25, 0.3) is 10.8 Å². The molecule has 7 nitrogen and oxygen atoms in total. The molecule has 3 aromatic rings. The van der Waals surface area contributed by atoms with Crippen molar-refractivity contribution in [1.29, 1.82) is 0 Å².